The molecule has 0 saturated carbocycles. The van der Waals surface area contributed by atoms with Crippen LogP contribution in [-0.4, -0.2) is 5.91 Å². The third kappa shape index (κ3) is 2.45. The van der Waals surface area contributed by atoms with Gasteiger partial charge in [-0.25, -0.2) is 4.57 Å². The molecule has 2 rings (SSSR count). The number of rotatable bonds is 3. The van der Waals surface area contributed by atoms with Gasteiger partial charge in [-0.05, 0) is 12.1 Å². The first-order chi connectivity index (χ1) is 7.75. The molecule has 2 N–H and O–H groups in total. The van der Waals surface area contributed by atoms with Gasteiger partial charge < -0.3 is 5.73 Å². The zero-order valence-corrected chi connectivity index (χ0v) is 8.84. The molecule has 0 unspecified atom stereocenters. The van der Waals surface area contributed by atoms with Gasteiger partial charge in [-0.1, -0.05) is 18.2 Å². The van der Waals surface area contributed by atoms with Crippen LogP contribution in [0, 0.1) is 0 Å². The monoisotopic (exact) mass is 213 g/mol. The van der Waals surface area contributed by atoms with E-state index in [9.17, 15) is 4.79 Å². The molecule has 1 heterocycles. The molecule has 0 saturated heterocycles. The first kappa shape index (κ1) is 10.4. The van der Waals surface area contributed by atoms with Gasteiger partial charge in [0.25, 0.3) is 0 Å². The third-order valence-corrected chi connectivity index (χ3v) is 2.38. The van der Waals surface area contributed by atoms with Gasteiger partial charge >= 0.3 is 0 Å². The standard InChI is InChI=1S/C13H12N2O/c14-13(16)12-6-4-11(5-7-12)10-15-8-2-1-3-9-15/h1-9H,10H2,(H-,14,16)/p+1. The van der Waals surface area contributed by atoms with Gasteiger partial charge in [0.2, 0.25) is 5.91 Å². The number of pyridine rings is 1. The lowest BCUT2D eigenvalue weighted by atomic mass is 10.1. The molecule has 0 fully saturated rings. The zero-order chi connectivity index (χ0) is 11.4. The fourth-order valence-corrected chi connectivity index (χ4v) is 1.52. The van der Waals surface area contributed by atoms with Crippen LogP contribution in [-0.2, 0) is 6.54 Å². The fraction of sp³-hybridized carbons (Fsp3) is 0.0769. The minimum absolute atomic E-state index is 0.390. The second-order valence-electron chi connectivity index (χ2n) is 3.61. The van der Waals surface area contributed by atoms with Crippen LogP contribution in [0.5, 0.6) is 0 Å². The van der Waals surface area contributed by atoms with E-state index in [-0.39, 0.29) is 5.91 Å². The van der Waals surface area contributed by atoms with Crippen molar-refractivity contribution in [1.29, 1.82) is 0 Å². The van der Waals surface area contributed by atoms with Crippen LogP contribution in [0.2, 0.25) is 0 Å². The molecule has 3 nitrogen and oxygen atoms in total. The van der Waals surface area contributed by atoms with E-state index < -0.39 is 0 Å². The highest BCUT2D eigenvalue weighted by Crippen LogP contribution is 2.03. The first-order valence-corrected chi connectivity index (χ1v) is 5.08. The summed E-state index contributed by atoms with van der Waals surface area (Å²) in [6, 6.07) is 13.3. The van der Waals surface area contributed by atoms with E-state index in [2.05, 4.69) is 4.57 Å². The van der Waals surface area contributed by atoms with E-state index >= 15 is 0 Å². The molecule has 3 heteroatoms. The summed E-state index contributed by atoms with van der Waals surface area (Å²) in [6.45, 7) is 0.792. The van der Waals surface area contributed by atoms with Crippen molar-refractivity contribution in [3.8, 4) is 0 Å². The number of benzene rings is 1. The highest BCUT2D eigenvalue weighted by Gasteiger charge is 2.03. The number of hydrogen-bond acceptors (Lipinski definition) is 1. The van der Waals surface area contributed by atoms with Crippen molar-refractivity contribution in [3.05, 3.63) is 66.0 Å². The quantitative estimate of drug-likeness (QED) is 0.763. The molecule has 1 aromatic carbocycles. The Kier molecular flexibility index (Phi) is 2.96. The summed E-state index contributed by atoms with van der Waals surface area (Å²) in [5.74, 6) is -0.390. The van der Waals surface area contributed by atoms with Gasteiger partial charge in [-0.3, -0.25) is 4.79 Å². The maximum absolute atomic E-state index is 10.9. The van der Waals surface area contributed by atoms with Gasteiger partial charge in [0, 0.05) is 23.3 Å². The van der Waals surface area contributed by atoms with E-state index in [4.69, 9.17) is 5.73 Å². The summed E-state index contributed by atoms with van der Waals surface area (Å²) >= 11 is 0. The Hall–Kier alpha value is -2.16. The number of carbonyl (C=O) groups is 1. The normalized spacial score (nSPS) is 10.0. The van der Waals surface area contributed by atoms with Crippen LogP contribution in [0.1, 0.15) is 15.9 Å². The van der Waals surface area contributed by atoms with Crippen LogP contribution in [0.3, 0.4) is 0 Å². The second kappa shape index (κ2) is 4.57. The van der Waals surface area contributed by atoms with Crippen molar-refractivity contribution in [2.24, 2.45) is 5.73 Å². The Morgan fingerprint density at radius 1 is 1.06 bits per heavy atom. The van der Waals surface area contributed by atoms with E-state index in [0.717, 1.165) is 12.1 Å². The Balaban J connectivity index is 2.14. The Bertz CT molecular complexity index is 477. The van der Waals surface area contributed by atoms with Crippen molar-refractivity contribution in [1.82, 2.24) is 0 Å². The smallest absolute Gasteiger partial charge is 0.248 e. The Morgan fingerprint density at radius 3 is 2.25 bits per heavy atom. The second-order valence-corrected chi connectivity index (χ2v) is 3.61. The highest BCUT2D eigenvalue weighted by molar-refractivity contribution is 5.92. The number of amides is 1. The third-order valence-electron chi connectivity index (χ3n) is 2.38. The van der Waals surface area contributed by atoms with Crippen LogP contribution >= 0.6 is 0 Å². The summed E-state index contributed by atoms with van der Waals surface area (Å²) in [4.78, 5) is 10.9. The van der Waals surface area contributed by atoms with Gasteiger partial charge in [0.15, 0.2) is 18.9 Å². The number of nitrogens with two attached hydrogens (primary N) is 1. The molecule has 0 aliphatic rings. The molecule has 0 bridgehead atoms. The van der Waals surface area contributed by atoms with Crippen molar-refractivity contribution < 1.29 is 9.36 Å². The largest absolute Gasteiger partial charge is 0.366 e. The molecule has 0 atom stereocenters. The summed E-state index contributed by atoms with van der Waals surface area (Å²) in [5.41, 5.74) is 6.86. The molecule has 0 radical (unpaired) electrons. The highest BCUT2D eigenvalue weighted by atomic mass is 16.1. The van der Waals surface area contributed by atoms with Crippen LogP contribution in [0.25, 0.3) is 0 Å². The predicted molar refractivity (Wildman–Crippen MR) is 60.7 cm³/mol. The summed E-state index contributed by atoms with van der Waals surface area (Å²) in [7, 11) is 0. The van der Waals surface area contributed by atoms with E-state index in [1.807, 2.05) is 42.7 Å². The molecular formula is C13H13N2O+. The van der Waals surface area contributed by atoms with Crippen LogP contribution in [0.4, 0.5) is 0 Å². The molecule has 1 aromatic heterocycles. The molecule has 80 valence electrons. The number of carbonyl (C=O) groups excluding carboxylic acids is 1. The van der Waals surface area contributed by atoms with Crippen LogP contribution in [0.15, 0.2) is 54.9 Å². The lowest BCUT2D eigenvalue weighted by Gasteiger charge is -1.99. The lowest BCUT2D eigenvalue weighted by Crippen LogP contribution is -2.32. The van der Waals surface area contributed by atoms with Crippen molar-refractivity contribution >= 4 is 5.91 Å². The average molecular weight is 213 g/mol. The van der Waals surface area contributed by atoms with Gasteiger partial charge in [0.1, 0.15) is 0 Å². The van der Waals surface area contributed by atoms with E-state index in [1.54, 1.807) is 12.1 Å². The molecule has 0 spiro atoms. The van der Waals surface area contributed by atoms with E-state index in [1.165, 1.54) is 0 Å². The number of aromatic nitrogens is 1. The summed E-state index contributed by atoms with van der Waals surface area (Å²) in [6.07, 6.45) is 4.00. The van der Waals surface area contributed by atoms with Crippen molar-refractivity contribution in [2.75, 3.05) is 0 Å². The average Bonchev–Trinajstić information content (AvgIpc) is 2.31. The van der Waals surface area contributed by atoms with Crippen molar-refractivity contribution in [3.63, 3.8) is 0 Å². The van der Waals surface area contributed by atoms with Gasteiger partial charge in [-0.15, -0.1) is 0 Å². The van der Waals surface area contributed by atoms with E-state index in [0.29, 0.717) is 5.56 Å². The van der Waals surface area contributed by atoms with Gasteiger partial charge in [-0.2, -0.15) is 0 Å². The molecule has 0 aliphatic carbocycles. The SMILES string of the molecule is NC(=O)c1ccc(C[n+]2ccccc2)cc1. The maximum Gasteiger partial charge on any atom is 0.248 e. The van der Waals surface area contributed by atoms with Crippen LogP contribution < -0.4 is 10.3 Å². The summed E-state index contributed by atoms with van der Waals surface area (Å²) in [5, 5.41) is 0. The molecular weight excluding hydrogens is 200 g/mol. The molecule has 16 heavy (non-hydrogen) atoms. The minimum Gasteiger partial charge on any atom is -0.366 e. The molecule has 2 aromatic rings. The maximum atomic E-state index is 10.9. The Morgan fingerprint density at radius 2 is 1.69 bits per heavy atom. The topological polar surface area (TPSA) is 47.0 Å². The fourth-order valence-electron chi connectivity index (χ4n) is 1.52. The van der Waals surface area contributed by atoms with Crippen molar-refractivity contribution in [2.45, 2.75) is 6.54 Å². The molecule has 1 amide bonds. The molecule has 0 aliphatic heterocycles. The summed E-state index contributed by atoms with van der Waals surface area (Å²) < 4.78 is 2.07. The number of nitrogens with zero attached hydrogens (tertiary/aromatic N) is 1. The minimum atomic E-state index is -0.390. The zero-order valence-electron chi connectivity index (χ0n) is 8.84. The Labute approximate surface area is 94.1 Å². The first-order valence-electron chi connectivity index (χ1n) is 5.08. The van der Waals surface area contributed by atoms with Gasteiger partial charge in [0.05, 0.1) is 0 Å². The lowest BCUT2D eigenvalue weighted by molar-refractivity contribution is -0.688. The predicted octanol–water partition coefficient (Wildman–Crippen LogP) is 1.12. The number of primary amides is 1. The number of hydrogen-bond donors (Lipinski definition) is 1.